The number of hydrogen-bond donors (Lipinski definition) is 1. The average Bonchev–Trinajstić information content (AvgIpc) is 3.20. The van der Waals surface area contributed by atoms with Gasteiger partial charge < -0.3 is 9.84 Å². The fourth-order valence-electron chi connectivity index (χ4n) is 6.81. The van der Waals surface area contributed by atoms with Gasteiger partial charge in [0.25, 0.3) is 0 Å². The molecule has 1 aliphatic heterocycles. The second kappa shape index (κ2) is 9.26. The number of aromatic hydroxyl groups is 1. The van der Waals surface area contributed by atoms with E-state index in [2.05, 4.69) is 0 Å². The van der Waals surface area contributed by atoms with E-state index in [-0.39, 0.29) is 53.3 Å². The van der Waals surface area contributed by atoms with Gasteiger partial charge in [-0.25, -0.2) is 0 Å². The topological polar surface area (TPSA) is 118 Å². The monoisotopic (exact) mass is 537 g/mol. The van der Waals surface area contributed by atoms with Crippen LogP contribution in [0.4, 0.5) is 5.69 Å². The van der Waals surface area contributed by atoms with Crippen LogP contribution in [0, 0.1) is 17.8 Å². The molecule has 0 bridgehead atoms. The van der Waals surface area contributed by atoms with Crippen LogP contribution in [0.2, 0.25) is 0 Å². The van der Waals surface area contributed by atoms with Gasteiger partial charge in [0.05, 0.1) is 24.6 Å². The Morgan fingerprint density at radius 2 is 1.73 bits per heavy atom. The molecule has 202 valence electrons. The lowest BCUT2D eigenvalue weighted by molar-refractivity contribution is -0.123. The van der Waals surface area contributed by atoms with Crippen molar-refractivity contribution < 1.29 is 33.8 Å². The van der Waals surface area contributed by atoms with Gasteiger partial charge >= 0.3 is 0 Å². The molecule has 6 rings (SSSR count). The van der Waals surface area contributed by atoms with E-state index in [1.807, 2.05) is 6.08 Å². The summed E-state index contributed by atoms with van der Waals surface area (Å²) in [6.07, 6.45) is 3.63. The number of fused-ring (bicyclic) bond motifs is 3. The summed E-state index contributed by atoms with van der Waals surface area (Å²) in [4.78, 5) is 67.3. The summed E-state index contributed by atoms with van der Waals surface area (Å²) >= 11 is 0. The number of phenolic OH excluding ortho intramolecular Hbond substituents is 1. The van der Waals surface area contributed by atoms with Crippen LogP contribution >= 0.6 is 0 Å². The van der Waals surface area contributed by atoms with E-state index in [1.54, 1.807) is 43.3 Å². The van der Waals surface area contributed by atoms with E-state index < -0.39 is 23.7 Å². The van der Waals surface area contributed by atoms with Gasteiger partial charge in [0.2, 0.25) is 11.8 Å². The van der Waals surface area contributed by atoms with Gasteiger partial charge in [-0.05, 0) is 75.1 Å². The third-order valence-corrected chi connectivity index (χ3v) is 8.65. The number of phenols is 1. The number of carbonyl (C=O) groups is 5. The predicted molar refractivity (Wildman–Crippen MR) is 145 cm³/mol. The van der Waals surface area contributed by atoms with Crippen LogP contribution in [0.5, 0.6) is 11.5 Å². The molecule has 0 saturated carbocycles. The van der Waals surface area contributed by atoms with Gasteiger partial charge in [0.15, 0.2) is 17.3 Å². The first-order chi connectivity index (χ1) is 19.1. The SMILES string of the molecule is COc1cccc(O)c1C1C2=CCC3C(=O)N(c4ccc(C(C)=O)cc4)C(=O)C3C2CC2=C1C(=O)C=C(C)C2=O. The molecule has 2 aromatic rings. The van der Waals surface area contributed by atoms with Gasteiger partial charge in [-0.3, -0.25) is 28.9 Å². The van der Waals surface area contributed by atoms with Crippen LogP contribution in [0.25, 0.3) is 0 Å². The number of ketones is 3. The lowest BCUT2D eigenvalue weighted by Gasteiger charge is -2.42. The normalized spacial score (nSPS) is 25.7. The maximum absolute atomic E-state index is 14.0. The molecule has 3 aliphatic carbocycles. The van der Waals surface area contributed by atoms with Crippen LogP contribution in [0.1, 0.15) is 48.5 Å². The molecule has 8 heteroatoms. The molecule has 4 atom stereocenters. The first kappa shape index (κ1) is 25.7. The van der Waals surface area contributed by atoms with E-state index >= 15 is 0 Å². The summed E-state index contributed by atoms with van der Waals surface area (Å²) in [5.74, 6) is -3.88. The van der Waals surface area contributed by atoms with E-state index in [0.717, 1.165) is 5.57 Å². The number of nitrogens with zero attached hydrogens (tertiary/aromatic N) is 1. The second-order valence-corrected chi connectivity index (χ2v) is 10.7. The minimum absolute atomic E-state index is 0.0904. The molecule has 4 aliphatic rings. The first-order valence-corrected chi connectivity index (χ1v) is 13.2. The number of Topliss-reactive ketones (excluding diaryl/α,β-unsaturated/α-hetero) is 2. The number of benzene rings is 2. The van der Waals surface area contributed by atoms with Crippen LogP contribution in [0.3, 0.4) is 0 Å². The lowest BCUT2D eigenvalue weighted by Crippen LogP contribution is -2.40. The standard InChI is InChI=1S/C32H27NO7/c1-15-13-24(36)27-22(30(15)37)14-21-19(28(27)29-23(35)5-4-6-25(29)40-3)11-12-20-26(21)32(39)33(31(20)38)18-9-7-17(8-10-18)16(2)34/h4-11,13,20-21,26,28,35H,12,14H2,1-3H3. The Kier molecular flexibility index (Phi) is 5.94. The molecular weight excluding hydrogens is 510 g/mol. The minimum Gasteiger partial charge on any atom is -0.507 e. The Morgan fingerprint density at radius 1 is 1.00 bits per heavy atom. The van der Waals surface area contributed by atoms with E-state index in [0.29, 0.717) is 33.7 Å². The molecule has 40 heavy (non-hydrogen) atoms. The highest BCUT2D eigenvalue weighted by Crippen LogP contribution is 2.57. The second-order valence-electron chi connectivity index (χ2n) is 10.7. The maximum atomic E-state index is 14.0. The number of anilines is 1. The van der Waals surface area contributed by atoms with E-state index in [1.165, 1.54) is 31.1 Å². The van der Waals surface area contributed by atoms with Crippen molar-refractivity contribution in [3.8, 4) is 11.5 Å². The van der Waals surface area contributed by atoms with Gasteiger partial charge in [0, 0.05) is 33.8 Å². The number of rotatable bonds is 4. The predicted octanol–water partition coefficient (Wildman–Crippen LogP) is 4.24. The number of allylic oxidation sites excluding steroid dienone is 6. The number of ether oxygens (including phenoxy) is 1. The molecule has 8 nitrogen and oxygen atoms in total. The van der Waals surface area contributed by atoms with Crippen molar-refractivity contribution in [1.82, 2.24) is 0 Å². The summed E-state index contributed by atoms with van der Waals surface area (Å²) in [6.45, 7) is 3.03. The zero-order valence-corrected chi connectivity index (χ0v) is 22.3. The summed E-state index contributed by atoms with van der Waals surface area (Å²) in [7, 11) is 1.46. The van der Waals surface area contributed by atoms with Gasteiger partial charge in [-0.15, -0.1) is 0 Å². The van der Waals surface area contributed by atoms with Crippen molar-refractivity contribution in [3.63, 3.8) is 0 Å². The van der Waals surface area contributed by atoms with Crippen molar-refractivity contribution in [2.24, 2.45) is 17.8 Å². The molecule has 1 heterocycles. The fourth-order valence-corrected chi connectivity index (χ4v) is 6.81. The Labute approximate surface area is 230 Å². The Hall–Kier alpha value is -4.59. The van der Waals surface area contributed by atoms with Gasteiger partial charge in [0.1, 0.15) is 11.5 Å². The zero-order chi connectivity index (χ0) is 28.5. The molecular formula is C32H27NO7. The van der Waals surface area contributed by atoms with Crippen molar-refractivity contribution in [3.05, 3.63) is 88.0 Å². The van der Waals surface area contributed by atoms with Crippen molar-refractivity contribution >= 4 is 34.9 Å². The molecule has 0 radical (unpaired) electrons. The fraction of sp³-hybridized carbons (Fsp3) is 0.281. The van der Waals surface area contributed by atoms with Crippen LogP contribution in [0.15, 0.2) is 76.9 Å². The molecule has 0 aromatic heterocycles. The lowest BCUT2D eigenvalue weighted by atomic mass is 9.59. The molecule has 0 spiro atoms. The molecule has 2 aromatic carbocycles. The first-order valence-electron chi connectivity index (χ1n) is 13.2. The smallest absolute Gasteiger partial charge is 0.238 e. The quantitative estimate of drug-likeness (QED) is 0.268. The Balaban J connectivity index is 1.49. The Bertz CT molecular complexity index is 1620. The van der Waals surface area contributed by atoms with Crippen LogP contribution < -0.4 is 9.64 Å². The highest BCUT2D eigenvalue weighted by atomic mass is 16.5. The van der Waals surface area contributed by atoms with Crippen molar-refractivity contribution in [2.75, 3.05) is 12.0 Å². The summed E-state index contributed by atoms with van der Waals surface area (Å²) in [5.41, 5.74) is 2.84. The van der Waals surface area contributed by atoms with E-state index in [4.69, 9.17) is 4.74 Å². The average molecular weight is 538 g/mol. The highest BCUT2D eigenvalue weighted by Gasteiger charge is 2.57. The molecule has 1 fully saturated rings. The van der Waals surface area contributed by atoms with Gasteiger partial charge in [-0.2, -0.15) is 0 Å². The van der Waals surface area contributed by atoms with Crippen molar-refractivity contribution in [2.45, 2.75) is 32.6 Å². The van der Waals surface area contributed by atoms with Crippen LogP contribution in [-0.4, -0.2) is 41.4 Å². The van der Waals surface area contributed by atoms with E-state index in [9.17, 15) is 29.1 Å². The number of amides is 2. The number of carbonyl (C=O) groups excluding carboxylic acids is 5. The number of imide groups is 1. The summed E-state index contributed by atoms with van der Waals surface area (Å²) in [5, 5.41) is 11.0. The molecule has 4 unspecified atom stereocenters. The third kappa shape index (κ3) is 3.62. The summed E-state index contributed by atoms with van der Waals surface area (Å²) in [6, 6.07) is 11.2. The summed E-state index contributed by atoms with van der Waals surface area (Å²) < 4.78 is 5.57. The molecule has 1 saturated heterocycles. The minimum atomic E-state index is -0.807. The third-order valence-electron chi connectivity index (χ3n) is 8.65. The van der Waals surface area contributed by atoms with Crippen LogP contribution in [-0.2, 0) is 19.2 Å². The molecule has 2 amide bonds. The zero-order valence-electron chi connectivity index (χ0n) is 22.3. The maximum Gasteiger partial charge on any atom is 0.238 e. The van der Waals surface area contributed by atoms with Crippen molar-refractivity contribution in [1.29, 1.82) is 0 Å². The number of methoxy groups -OCH3 is 1. The Morgan fingerprint density at radius 3 is 2.40 bits per heavy atom. The number of hydrogen-bond acceptors (Lipinski definition) is 7. The van der Waals surface area contributed by atoms with Gasteiger partial charge in [-0.1, -0.05) is 17.7 Å². The highest BCUT2D eigenvalue weighted by molar-refractivity contribution is 6.25. The largest absolute Gasteiger partial charge is 0.507 e. The molecule has 1 N–H and O–H groups in total.